The van der Waals surface area contributed by atoms with Crippen LogP contribution < -0.4 is 5.48 Å². The number of hydrogen-bond acceptors (Lipinski definition) is 8. The number of nitrogens with one attached hydrogen (secondary N) is 1. The molecule has 3 fully saturated rings. The van der Waals surface area contributed by atoms with E-state index in [1.54, 1.807) is 13.8 Å². The second kappa shape index (κ2) is 8.36. The second-order valence-electron chi connectivity index (χ2n) is 8.46. The van der Waals surface area contributed by atoms with Crippen molar-refractivity contribution in [1.82, 2.24) is 5.48 Å². The molecule has 1 N–H and O–H groups in total. The summed E-state index contributed by atoms with van der Waals surface area (Å²) in [7, 11) is 0. The molecule has 30 heavy (non-hydrogen) atoms. The van der Waals surface area contributed by atoms with Gasteiger partial charge in [-0.15, -0.1) is 0 Å². The van der Waals surface area contributed by atoms with E-state index in [1.165, 1.54) is 0 Å². The molecule has 0 unspecified atom stereocenters. The molecule has 0 amide bonds. The lowest BCUT2D eigenvalue weighted by molar-refractivity contribution is -0.217. The van der Waals surface area contributed by atoms with E-state index < -0.39 is 41.9 Å². The summed E-state index contributed by atoms with van der Waals surface area (Å²) >= 11 is 0. The lowest BCUT2D eigenvalue weighted by Gasteiger charge is -2.30. The Hall–Kier alpha value is -1.84. The highest BCUT2D eigenvalue weighted by molar-refractivity contribution is 6.10. The van der Waals surface area contributed by atoms with Crippen molar-refractivity contribution in [2.75, 3.05) is 0 Å². The van der Waals surface area contributed by atoms with Crippen LogP contribution in [0.3, 0.4) is 0 Å². The number of ketones is 1. The SMILES string of the molecule is CCCCCC(=O)[C@@]1(NOCc2ccccc2)C(=O)O[C@@H]2[C@H]3OC(C)(C)O[C@H]3O[C@@H]21. The highest BCUT2D eigenvalue weighted by atomic mass is 16.8. The summed E-state index contributed by atoms with van der Waals surface area (Å²) in [6.45, 7) is 5.77. The smallest absolute Gasteiger partial charge is 0.339 e. The van der Waals surface area contributed by atoms with Gasteiger partial charge in [0.05, 0.1) is 6.61 Å². The fourth-order valence-corrected chi connectivity index (χ4v) is 4.26. The molecule has 8 heteroatoms. The molecule has 0 saturated carbocycles. The molecule has 3 aliphatic rings. The summed E-state index contributed by atoms with van der Waals surface area (Å²) in [5.74, 6) is -1.85. The number of carbonyl (C=O) groups excluding carboxylic acids is 2. The van der Waals surface area contributed by atoms with Crippen LogP contribution in [-0.2, 0) is 40.0 Å². The molecule has 0 spiro atoms. The zero-order valence-corrected chi connectivity index (χ0v) is 17.6. The number of hydrogen-bond donors (Lipinski definition) is 1. The third-order valence-electron chi connectivity index (χ3n) is 5.74. The van der Waals surface area contributed by atoms with E-state index in [2.05, 4.69) is 12.4 Å². The highest BCUT2D eigenvalue weighted by Crippen LogP contribution is 2.46. The maximum Gasteiger partial charge on any atom is 0.339 e. The van der Waals surface area contributed by atoms with Crippen molar-refractivity contribution in [3.63, 3.8) is 0 Å². The molecule has 0 aliphatic carbocycles. The Morgan fingerprint density at radius 2 is 1.90 bits per heavy atom. The third kappa shape index (κ3) is 3.78. The van der Waals surface area contributed by atoms with E-state index in [1.807, 2.05) is 30.3 Å². The normalized spacial score (nSPS) is 33.9. The van der Waals surface area contributed by atoms with Gasteiger partial charge in [0, 0.05) is 6.42 Å². The molecule has 1 aromatic carbocycles. The van der Waals surface area contributed by atoms with E-state index >= 15 is 0 Å². The monoisotopic (exact) mass is 419 g/mol. The van der Waals surface area contributed by atoms with Crippen molar-refractivity contribution in [3.8, 4) is 0 Å². The topological polar surface area (TPSA) is 92.3 Å². The Balaban J connectivity index is 1.54. The molecular weight excluding hydrogens is 390 g/mol. The van der Waals surface area contributed by atoms with Gasteiger partial charge in [-0.05, 0) is 25.8 Å². The van der Waals surface area contributed by atoms with Crippen molar-refractivity contribution >= 4 is 11.8 Å². The summed E-state index contributed by atoms with van der Waals surface area (Å²) in [5, 5.41) is 0. The molecule has 5 atom stereocenters. The van der Waals surface area contributed by atoms with E-state index in [-0.39, 0.29) is 18.8 Å². The molecule has 0 aromatic heterocycles. The first kappa shape index (κ1) is 21.4. The second-order valence-corrected chi connectivity index (χ2v) is 8.46. The van der Waals surface area contributed by atoms with E-state index in [9.17, 15) is 9.59 Å². The van der Waals surface area contributed by atoms with Crippen LogP contribution in [0.25, 0.3) is 0 Å². The third-order valence-corrected chi connectivity index (χ3v) is 5.74. The quantitative estimate of drug-likeness (QED) is 0.282. The van der Waals surface area contributed by atoms with Gasteiger partial charge in [-0.25, -0.2) is 4.79 Å². The number of esters is 1. The van der Waals surface area contributed by atoms with Gasteiger partial charge >= 0.3 is 5.97 Å². The maximum absolute atomic E-state index is 13.3. The Labute approximate surface area is 176 Å². The van der Waals surface area contributed by atoms with Crippen molar-refractivity contribution in [2.24, 2.45) is 0 Å². The Kier molecular flexibility index (Phi) is 5.96. The molecule has 1 aromatic rings. The minimum absolute atomic E-state index is 0.183. The average molecular weight is 419 g/mol. The van der Waals surface area contributed by atoms with Crippen molar-refractivity contribution in [1.29, 1.82) is 0 Å². The summed E-state index contributed by atoms with van der Waals surface area (Å²) < 4.78 is 23.3. The zero-order valence-electron chi connectivity index (χ0n) is 17.6. The van der Waals surface area contributed by atoms with Gasteiger partial charge in [-0.2, -0.15) is 5.48 Å². The van der Waals surface area contributed by atoms with Crippen LogP contribution in [0.1, 0.15) is 52.0 Å². The van der Waals surface area contributed by atoms with Crippen LogP contribution in [-0.4, -0.2) is 47.7 Å². The van der Waals surface area contributed by atoms with Crippen LogP contribution in [0.15, 0.2) is 30.3 Å². The number of unbranched alkanes of at least 4 members (excludes halogenated alkanes) is 2. The maximum atomic E-state index is 13.3. The Morgan fingerprint density at radius 1 is 1.13 bits per heavy atom. The molecule has 3 heterocycles. The predicted molar refractivity (Wildman–Crippen MR) is 105 cm³/mol. The first-order valence-corrected chi connectivity index (χ1v) is 10.6. The minimum Gasteiger partial charge on any atom is -0.455 e. The van der Waals surface area contributed by atoms with Gasteiger partial charge < -0.3 is 18.9 Å². The molecule has 164 valence electrons. The molecule has 4 rings (SSSR count). The molecule has 8 nitrogen and oxygen atoms in total. The summed E-state index contributed by atoms with van der Waals surface area (Å²) in [6.07, 6.45) is -0.172. The number of benzene rings is 1. The summed E-state index contributed by atoms with van der Waals surface area (Å²) in [4.78, 5) is 31.9. The number of ether oxygens (including phenoxy) is 4. The summed E-state index contributed by atoms with van der Waals surface area (Å²) in [6, 6.07) is 9.48. The fourth-order valence-electron chi connectivity index (χ4n) is 4.26. The number of carbonyl (C=O) groups is 2. The molecule has 0 bridgehead atoms. The van der Waals surface area contributed by atoms with Crippen molar-refractivity contribution < 1.29 is 33.4 Å². The molecular formula is C22H29NO7. The van der Waals surface area contributed by atoms with Crippen LogP contribution in [0.5, 0.6) is 0 Å². The molecule has 3 saturated heterocycles. The van der Waals surface area contributed by atoms with E-state index in [4.69, 9.17) is 23.8 Å². The van der Waals surface area contributed by atoms with Gasteiger partial charge in [0.1, 0.15) is 6.10 Å². The zero-order chi connectivity index (χ0) is 21.4. The van der Waals surface area contributed by atoms with E-state index in [0.29, 0.717) is 6.42 Å². The highest BCUT2D eigenvalue weighted by Gasteiger charge is 2.72. The van der Waals surface area contributed by atoms with Crippen molar-refractivity contribution in [3.05, 3.63) is 35.9 Å². The Morgan fingerprint density at radius 3 is 2.63 bits per heavy atom. The average Bonchev–Trinajstić information content (AvgIpc) is 3.28. The number of fused-ring (bicyclic) bond motifs is 3. The van der Waals surface area contributed by atoms with Crippen LogP contribution in [0.4, 0.5) is 0 Å². The lowest BCUT2D eigenvalue weighted by Crippen LogP contribution is -2.63. The number of rotatable bonds is 9. The first-order chi connectivity index (χ1) is 14.4. The first-order valence-electron chi connectivity index (χ1n) is 10.6. The van der Waals surface area contributed by atoms with Gasteiger partial charge in [-0.3, -0.25) is 9.63 Å². The van der Waals surface area contributed by atoms with Crippen LogP contribution in [0, 0.1) is 0 Å². The lowest BCUT2D eigenvalue weighted by atomic mass is 9.85. The van der Waals surface area contributed by atoms with Crippen molar-refractivity contribution in [2.45, 2.75) is 89.0 Å². The fraction of sp³-hybridized carbons (Fsp3) is 0.636. The number of Topliss-reactive ketones (excluding diaryl/α,β-unsaturated/α-hetero) is 1. The van der Waals surface area contributed by atoms with Crippen LogP contribution in [0.2, 0.25) is 0 Å². The molecule has 3 aliphatic heterocycles. The van der Waals surface area contributed by atoms with Crippen LogP contribution >= 0.6 is 0 Å². The minimum atomic E-state index is -1.74. The van der Waals surface area contributed by atoms with Gasteiger partial charge in [0.2, 0.25) is 5.54 Å². The van der Waals surface area contributed by atoms with Gasteiger partial charge in [-0.1, -0.05) is 50.1 Å². The largest absolute Gasteiger partial charge is 0.455 e. The Bertz CT molecular complexity index is 783. The summed E-state index contributed by atoms with van der Waals surface area (Å²) in [5.41, 5.74) is 1.90. The van der Waals surface area contributed by atoms with Gasteiger partial charge in [0.25, 0.3) is 0 Å². The molecule has 0 radical (unpaired) electrons. The standard InChI is InChI=1S/C22H29NO7/c1-4-5-7-12-15(24)22(23-26-13-14-10-8-6-9-11-14)18-16(27-20(22)25)17-19(28-18)30-21(2,3)29-17/h6,8-11,16-19,23H,4-5,7,12-13H2,1-3H3/t16-,17-,18+,19-,22+/m1/s1. The number of hydroxylamine groups is 1. The predicted octanol–water partition coefficient (Wildman–Crippen LogP) is 2.40. The van der Waals surface area contributed by atoms with Gasteiger partial charge in [0.15, 0.2) is 30.1 Å². The van der Waals surface area contributed by atoms with E-state index in [0.717, 1.165) is 18.4 Å².